The molecule has 0 saturated heterocycles. The van der Waals surface area contributed by atoms with Gasteiger partial charge >= 0.3 is 5.97 Å². The Bertz CT molecular complexity index is 646. The molecule has 0 fully saturated rings. The van der Waals surface area contributed by atoms with Crippen molar-refractivity contribution in [2.45, 2.75) is 0 Å². The molecule has 106 valence electrons. The van der Waals surface area contributed by atoms with Gasteiger partial charge in [0.15, 0.2) is 6.54 Å². The fourth-order valence-electron chi connectivity index (χ4n) is 2.03. The third kappa shape index (κ3) is 2.80. The molecule has 0 bridgehead atoms. The second-order valence-corrected chi connectivity index (χ2v) is 4.84. The maximum absolute atomic E-state index is 11.9. The van der Waals surface area contributed by atoms with Gasteiger partial charge < -0.3 is 19.9 Å². The molecular formula is C14H18N3O3+. The predicted molar refractivity (Wildman–Crippen MR) is 75.9 cm³/mol. The van der Waals surface area contributed by atoms with Crippen molar-refractivity contribution in [1.82, 2.24) is 4.98 Å². The number of nitrogens with one attached hydrogen (secondary N) is 3. The highest BCUT2D eigenvalue weighted by Crippen LogP contribution is 2.27. The van der Waals surface area contributed by atoms with E-state index >= 15 is 0 Å². The largest absolute Gasteiger partial charge is 0.464 e. The van der Waals surface area contributed by atoms with Crippen molar-refractivity contribution in [2.75, 3.05) is 33.1 Å². The van der Waals surface area contributed by atoms with E-state index in [9.17, 15) is 9.59 Å². The van der Waals surface area contributed by atoms with Crippen molar-refractivity contribution >= 4 is 28.5 Å². The monoisotopic (exact) mass is 276 g/mol. The summed E-state index contributed by atoms with van der Waals surface area (Å²) in [7, 11) is 5.08. The number of amides is 1. The van der Waals surface area contributed by atoms with Crippen LogP contribution in [0, 0.1) is 0 Å². The van der Waals surface area contributed by atoms with Crippen LogP contribution < -0.4 is 10.2 Å². The first kappa shape index (κ1) is 14.1. The minimum atomic E-state index is -0.506. The molecule has 1 amide bonds. The van der Waals surface area contributed by atoms with E-state index in [1.807, 2.05) is 38.4 Å². The number of carbonyl (C=O) groups is 2. The molecule has 6 heteroatoms. The highest BCUT2D eigenvalue weighted by Gasteiger charge is 2.20. The van der Waals surface area contributed by atoms with Crippen molar-refractivity contribution < 1.29 is 19.2 Å². The Balaban J connectivity index is 2.43. The number of anilines is 1. The molecule has 0 saturated carbocycles. The summed E-state index contributed by atoms with van der Waals surface area (Å²) in [5.41, 5.74) is 1.51. The SMILES string of the molecule is COC(=O)c1[nH]c2ccccc2c1NC(=O)C[NH+](C)C. The first-order chi connectivity index (χ1) is 9.52. The first-order valence-electron chi connectivity index (χ1n) is 6.31. The lowest BCUT2D eigenvalue weighted by atomic mass is 10.2. The third-order valence-electron chi connectivity index (χ3n) is 2.87. The van der Waals surface area contributed by atoms with Crippen LogP contribution in [0.1, 0.15) is 10.5 Å². The zero-order chi connectivity index (χ0) is 14.7. The number of fused-ring (bicyclic) bond motifs is 1. The quantitative estimate of drug-likeness (QED) is 0.690. The van der Waals surface area contributed by atoms with Crippen molar-refractivity contribution in [3.05, 3.63) is 30.0 Å². The third-order valence-corrected chi connectivity index (χ3v) is 2.87. The highest BCUT2D eigenvalue weighted by molar-refractivity contribution is 6.11. The number of quaternary nitrogens is 1. The van der Waals surface area contributed by atoms with E-state index in [0.29, 0.717) is 12.2 Å². The van der Waals surface area contributed by atoms with Gasteiger partial charge in [-0.2, -0.15) is 0 Å². The smallest absolute Gasteiger partial charge is 0.356 e. The number of carbonyl (C=O) groups excluding carboxylic acids is 2. The van der Waals surface area contributed by atoms with Gasteiger partial charge in [0.05, 0.1) is 26.9 Å². The van der Waals surface area contributed by atoms with E-state index in [2.05, 4.69) is 10.3 Å². The molecule has 0 spiro atoms. The van der Waals surface area contributed by atoms with Gasteiger partial charge in [-0.25, -0.2) is 4.79 Å². The molecule has 0 aliphatic rings. The fourth-order valence-corrected chi connectivity index (χ4v) is 2.03. The Morgan fingerprint density at radius 2 is 2.00 bits per heavy atom. The Morgan fingerprint density at radius 1 is 1.30 bits per heavy atom. The number of methoxy groups -OCH3 is 1. The molecule has 0 aliphatic carbocycles. The average molecular weight is 276 g/mol. The molecule has 2 rings (SSSR count). The number of benzene rings is 1. The van der Waals surface area contributed by atoms with Crippen molar-refractivity contribution in [2.24, 2.45) is 0 Å². The molecule has 0 unspecified atom stereocenters. The van der Waals surface area contributed by atoms with Crippen molar-refractivity contribution in [3.63, 3.8) is 0 Å². The van der Waals surface area contributed by atoms with Gasteiger partial charge in [0, 0.05) is 10.9 Å². The maximum atomic E-state index is 11.9. The van der Waals surface area contributed by atoms with Gasteiger partial charge in [0.25, 0.3) is 5.91 Å². The lowest BCUT2D eigenvalue weighted by Gasteiger charge is -2.08. The van der Waals surface area contributed by atoms with Crippen LogP contribution in [0.25, 0.3) is 10.9 Å². The maximum Gasteiger partial charge on any atom is 0.356 e. The molecule has 1 aromatic carbocycles. The van der Waals surface area contributed by atoms with Gasteiger partial charge in [-0.05, 0) is 6.07 Å². The molecule has 0 atom stereocenters. The van der Waals surface area contributed by atoms with E-state index in [1.54, 1.807) is 0 Å². The fraction of sp³-hybridized carbons (Fsp3) is 0.286. The van der Waals surface area contributed by atoms with Gasteiger partial charge in [-0.15, -0.1) is 0 Å². The van der Waals surface area contributed by atoms with Gasteiger partial charge in [-0.1, -0.05) is 18.2 Å². The number of hydrogen-bond acceptors (Lipinski definition) is 3. The molecule has 20 heavy (non-hydrogen) atoms. The van der Waals surface area contributed by atoms with E-state index < -0.39 is 5.97 Å². The summed E-state index contributed by atoms with van der Waals surface area (Å²) in [6.07, 6.45) is 0. The Morgan fingerprint density at radius 3 is 2.65 bits per heavy atom. The van der Waals surface area contributed by atoms with Crippen LogP contribution in [0.5, 0.6) is 0 Å². The van der Waals surface area contributed by atoms with Crippen LogP contribution in [-0.2, 0) is 9.53 Å². The first-order valence-corrected chi connectivity index (χ1v) is 6.31. The van der Waals surface area contributed by atoms with Gasteiger partial charge in [-0.3, -0.25) is 4.79 Å². The molecule has 0 radical (unpaired) electrons. The van der Waals surface area contributed by atoms with Crippen LogP contribution in [0.15, 0.2) is 24.3 Å². The Hall–Kier alpha value is -2.34. The topological polar surface area (TPSA) is 75.6 Å². The second kappa shape index (κ2) is 5.75. The molecular weight excluding hydrogens is 258 g/mol. The standard InChI is InChI=1S/C14H17N3O3/c1-17(2)8-11(18)16-12-9-6-4-5-7-10(9)15-13(12)14(19)20-3/h4-7,15H,8H2,1-3H3,(H,16,18)/p+1. The number of rotatable bonds is 4. The van der Waals surface area contributed by atoms with Gasteiger partial charge in [0.1, 0.15) is 5.69 Å². The number of aromatic nitrogens is 1. The zero-order valence-electron chi connectivity index (χ0n) is 11.7. The predicted octanol–water partition coefficient (Wildman–Crippen LogP) is 0.0375. The summed E-state index contributed by atoms with van der Waals surface area (Å²) in [5.74, 6) is -0.659. The summed E-state index contributed by atoms with van der Waals surface area (Å²) < 4.78 is 4.74. The lowest BCUT2D eigenvalue weighted by molar-refractivity contribution is -0.849. The molecule has 3 N–H and O–H groups in total. The van der Waals surface area contributed by atoms with Gasteiger partial charge in [0.2, 0.25) is 0 Å². The molecule has 1 aromatic heterocycles. The number of para-hydroxylation sites is 1. The number of likely N-dealkylation sites (N-methyl/N-ethyl adjacent to an activating group) is 1. The molecule has 6 nitrogen and oxygen atoms in total. The second-order valence-electron chi connectivity index (χ2n) is 4.84. The number of H-pyrrole nitrogens is 1. The Kier molecular flexibility index (Phi) is 4.05. The van der Waals surface area contributed by atoms with E-state index in [0.717, 1.165) is 15.8 Å². The summed E-state index contributed by atoms with van der Waals surface area (Å²) in [4.78, 5) is 27.7. The minimum absolute atomic E-state index is 0.153. The van der Waals surface area contributed by atoms with Crippen molar-refractivity contribution in [1.29, 1.82) is 0 Å². The normalized spacial score (nSPS) is 10.8. The van der Waals surface area contributed by atoms with Crippen LogP contribution in [0.4, 0.5) is 5.69 Å². The minimum Gasteiger partial charge on any atom is -0.464 e. The molecule has 0 aliphatic heterocycles. The number of esters is 1. The molecule has 1 heterocycles. The zero-order valence-corrected chi connectivity index (χ0v) is 11.7. The summed E-state index contributed by atoms with van der Waals surface area (Å²) in [6.45, 7) is 0.320. The summed E-state index contributed by atoms with van der Waals surface area (Å²) in [6, 6.07) is 7.39. The van der Waals surface area contributed by atoms with Crippen molar-refractivity contribution in [3.8, 4) is 0 Å². The highest BCUT2D eigenvalue weighted by atomic mass is 16.5. The summed E-state index contributed by atoms with van der Waals surface area (Å²) in [5, 5.41) is 3.58. The van der Waals surface area contributed by atoms with Crippen LogP contribution >= 0.6 is 0 Å². The van der Waals surface area contributed by atoms with E-state index in [4.69, 9.17) is 4.74 Å². The van der Waals surface area contributed by atoms with Crippen LogP contribution in [-0.4, -0.2) is 44.6 Å². The molecule has 2 aromatic rings. The average Bonchev–Trinajstić information content (AvgIpc) is 2.76. The number of hydrogen-bond donors (Lipinski definition) is 3. The van der Waals surface area contributed by atoms with E-state index in [-0.39, 0.29) is 11.6 Å². The summed E-state index contributed by atoms with van der Waals surface area (Å²) >= 11 is 0. The van der Waals surface area contributed by atoms with Crippen LogP contribution in [0.3, 0.4) is 0 Å². The Labute approximate surface area is 116 Å². The van der Waals surface area contributed by atoms with Crippen LogP contribution in [0.2, 0.25) is 0 Å². The number of aromatic amines is 1. The lowest BCUT2D eigenvalue weighted by Crippen LogP contribution is -3.06. The van der Waals surface area contributed by atoms with E-state index in [1.165, 1.54) is 7.11 Å². The number of ether oxygens (including phenoxy) is 1.